The Kier molecular flexibility index (Phi) is 11.1. The van der Waals surface area contributed by atoms with Gasteiger partial charge in [-0.3, -0.25) is 4.99 Å². The Morgan fingerprint density at radius 2 is 0.817 bits per heavy atom. The number of amidine groups is 2. The molecule has 286 valence electrons. The van der Waals surface area contributed by atoms with Gasteiger partial charge in [0, 0.05) is 27.9 Å². The molecule has 4 heteroatoms. The van der Waals surface area contributed by atoms with Gasteiger partial charge in [-0.1, -0.05) is 200 Å². The second-order valence-corrected chi connectivity index (χ2v) is 14.5. The molecule has 0 radical (unpaired) electrons. The summed E-state index contributed by atoms with van der Waals surface area (Å²) in [5, 5.41) is 2.41. The van der Waals surface area contributed by atoms with Crippen molar-refractivity contribution in [3.8, 4) is 33.4 Å². The molecule has 0 saturated heterocycles. The first-order valence-corrected chi connectivity index (χ1v) is 20.1. The molecule has 0 aromatic heterocycles. The molecule has 0 aliphatic carbocycles. The van der Waals surface area contributed by atoms with Crippen molar-refractivity contribution in [3.05, 3.63) is 247 Å². The van der Waals surface area contributed by atoms with Gasteiger partial charge < -0.3 is 4.90 Å². The summed E-state index contributed by atoms with van der Waals surface area (Å²) in [5.41, 5.74) is 13.0. The van der Waals surface area contributed by atoms with Crippen LogP contribution in [0.5, 0.6) is 0 Å². The van der Waals surface area contributed by atoms with Gasteiger partial charge in [-0.15, -0.1) is 0 Å². The van der Waals surface area contributed by atoms with Crippen LogP contribution >= 0.6 is 0 Å². The van der Waals surface area contributed by atoms with Gasteiger partial charge in [0.1, 0.15) is 0 Å². The molecule has 60 heavy (non-hydrogen) atoms. The maximum atomic E-state index is 5.07. The van der Waals surface area contributed by atoms with Crippen LogP contribution in [0.15, 0.2) is 245 Å². The molecule has 0 bridgehead atoms. The lowest BCUT2D eigenvalue weighted by molar-refractivity contribution is 1.06. The maximum Gasteiger partial charge on any atom is 0.161 e. The quantitative estimate of drug-likeness (QED) is 0.101. The van der Waals surface area contributed by atoms with Gasteiger partial charge in [-0.25, -0.2) is 9.98 Å². The summed E-state index contributed by atoms with van der Waals surface area (Å²) in [6.45, 7) is 4.40. The minimum absolute atomic E-state index is 0.468. The van der Waals surface area contributed by atoms with Gasteiger partial charge in [0.25, 0.3) is 0 Å². The van der Waals surface area contributed by atoms with E-state index in [1.807, 2.05) is 12.1 Å². The molecule has 0 heterocycles. The van der Waals surface area contributed by atoms with E-state index >= 15 is 0 Å². The third-order valence-corrected chi connectivity index (χ3v) is 10.7. The monoisotopic (exact) mass is 770 g/mol. The predicted octanol–water partition coefficient (Wildman–Crippen LogP) is 14.4. The van der Waals surface area contributed by atoms with Crippen molar-refractivity contribution in [2.45, 2.75) is 6.54 Å². The average molecular weight is 771 g/mol. The van der Waals surface area contributed by atoms with Crippen molar-refractivity contribution in [2.75, 3.05) is 4.90 Å². The second-order valence-electron chi connectivity index (χ2n) is 14.5. The van der Waals surface area contributed by atoms with Crippen LogP contribution in [-0.4, -0.2) is 18.4 Å². The smallest absolute Gasteiger partial charge is 0.161 e. The van der Waals surface area contributed by atoms with Crippen molar-refractivity contribution in [1.29, 1.82) is 0 Å². The van der Waals surface area contributed by atoms with Gasteiger partial charge in [0.15, 0.2) is 11.7 Å². The summed E-state index contributed by atoms with van der Waals surface area (Å²) >= 11 is 0. The SMILES string of the molecule is C=N/C(=N\C(=N/Cc1ccc(-c2ccccc2)cc1)c1ccc(-c2ccccc2)cc1)c1ccc(-c2ccc(N(c3ccccc3)c3cccc4ccccc34)cc2)cc1. The van der Waals surface area contributed by atoms with Crippen molar-refractivity contribution >= 4 is 46.2 Å². The second kappa shape index (κ2) is 17.7. The number of nitrogens with zero attached hydrogens (tertiary/aromatic N) is 4. The molecule has 9 rings (SSSR count). The van der Waals surface area contributed by atoms with Crippen LogP contribution in [0.25, 0.3) is 44.2 Å². The third-order valence-electron chi connectivity index (χ3n) is 10.7. The highest BCUT2D eigenvalue weighted by molar-refractivity contribution is 6.13. The highest BCUT2D eigenvalue weighted by Crippen LogP contribution is 2.39. The number of anilines is 3. The minimum Gasteiger partial charge on any atom is -0.310 e. The summed E-state index contributed by atoms with van der Waals surface area (Å²) in [4.78, 5) is 16.9. The molecule has 0 N–H and O–H groups in total. The fourth-order valence-corrected chi connectivity index (χ4v) is 7.55. The van der Waals surface area contributed by atoms with E-state index in [1.54, 1.807) is 0 Å². The number of rotatable bonds is 10. The predicted molar refractivity (Wildman–Crippen MR) is 254 cm³/mol. The van der Waals surface area contributed by atoms with E-state index in [0.717, 1.165) is 56.0 Å². The van der Waals surface area contributed by atoms with Gasteiger partial charge in [0.2, 0.25) is 0 Å². The van der Waals surface area contributed by atoms with Crippen LogP contribution in [0.1, 0.15) is 16.7 Å². The zero-order chi connectivity index (χ0) is 40.5. The van der Waals surface area contributed by atoms with E-state index in [-0.39, 0.29) is 0 Å². The highest BCUT2D eigenvalue weighted by Gasteiger charge is 2.16. The van der Waals surface area contributed by atoms with E-state index in [4.69, 9.17) is 9.98 Å². The van der Waals surface area contributed by atoms with Crippen molar-refractivity contribution in [3.63, 3.8) is 0 Å². The molecular weight excluding hydrogens is 729 g/mol. The van der Waals surface area contributed by atoms with E-state index < -0.39 is 0 Å². The number of fused-ring (bicyclic) bond motifs is 1. The third kappa shape index (κ3) is 8.36. The normalized spacial score (nSPS) is 11.7. The molecule has 0 aliphatic heterocycles. The number of hydrogen-bond acceptors (Lipinski definition) is 2. The zero-order valence-electron chi connectivity index (χ0n) is 33.1. The molecule has 0 aliphatic rings. The van der Waals surface area contributed by atoms with Crippen molar-refractivity contribution in [2.24, 2.45) is 15.0 Å². The number of aliphatic imine (C=N–C) groups is 3. The van der Waals surface area contributed by atoms with Crippen LogP contribution in [0.2, 0.25) is 0 Å². The van der Waals surface area contributed by atoms with Crippen LogP contribution in [0, 0.1) is 0 Å². The standard InChI is InChI=1S/C56H42N4/c1-57-55(59-56(50-34-30-45(31-35-50)43-16-7-3-8-17-43)58-40-41-24-26-44(27-25-41)42-14-5-2-6-15-42)49-32-28-46(29-33-49)47-36-38-52(39-37-47)60(51-20-9-4-10-21-51)54-23-13-19-48-18-11-12-22-53(48)54/h2-39H,1,40H2/b58-56-,59-55-. The van der Waals surface area contributed by atoms with Gasteiger partial charge >= 0.3 is 0 Å². The topological polar surface area (TPSA) is 40.3 Å². The number of para-hydroxylation sites is 1. The van der Waals surface area contributed by atoms with Crippen LogP contribution in [-0.2, 0) is 6.54 Å². The Bertz CT molecular complexity index is 2900. The molecule has 0 spiro atoms. The fraction of sp³-hybridized carbons (Fsp3) is 0.0179. The summed E-state index contributed by atoms with van der Waals surface area (Å²) < 4.78 is 0. The van der Waals surface area contributed by atoms with E-state index in [1.165, 1.54) is 21.9 Å². The Morgan fingerprint density at radius 3 is 1.38 bits per heavy atom. The van der Waals surface area contributed by atoms with E-state index in [2.05, 4.69) is 235 Å². The van der Waals surface area contributed by atoms with E-state index in [0.29, 0.717) is 18.2 Å². The zero-order valence-corrected chi connectivity index (χ0v) is 33.1. The summed E-state index contributed by atoms with van der Waals surface area (Å²) in [6, 6.07) is 80.4. The van der Waals surface area contributed by atoms with Crippen molar-refractivity contribution in [1.82, 2.24) is 0 Å². The minimum atomic E-state index is 0.468. The fourth-order valence-electron chi connectivity index (χ4n) is 7.55. The number of benzene rings is 9. The maximum absolute atomic E-state index is 5.07. The van der Waals surface area contributed by atoms with Gasteiger partial charge in [-0.05, 0) is 81.4 Å². The Morgan fingerprint density at radius 1 is 0.383 bits per heavy atom. The molecule has 0 amide bonds. The highest BCUT2D eigenvalue weighted by atomic mass is 15.1. The Balaban J connectivity index is 1.00. The molecule has 0 atom stereocenters. The molecular formula is C56H42N4. The summed E-state index contributed by atoms with van der Waals surface area (Å²) in [5.74, 6) is 1.11. The lowest BCUT2D eigenvalue weighted by Crippen LogP contribution is -2.10. The van der Waals surface area contributed by atoms with Gasteiger partial charge in [0.05, 0.1) is 12.2 Å². The van der Waals surface area contributed by atoms with Gasteiger partial charge in [-0.2, -0.15) is 0 Å². The Labute approximate surface area is 351 Å². The first-order valence-electron chi connectivity index (χ1n) is 20.1. The summed E-state index contributed by atoms with van der Waals surface area (Å²) in [7, 11) is 0. The molecule has 9 aromatic rings. The molecule has 9 aromatic carbocycles. The first-order chi connectivity index (χ1) is 29.7. The van der Waals surface area contributed by atoms with E-state index in [9.17, 15) is 0 Å². The summed E-state index contributed by atoms with van der Waals surface area (Å²) in [6.07, 6.45) is 0. The van der Waals surface area contributed by atoms with Crippen molar-refractivity contribution < 1.29 is 0 Å². The molecule has 0 saturated carbocycles. The number of hydrogen-bond donors (Lipinski definition) is 0. The largest absolute Gasteiger partial charge is 0.310 e. The molecule has 0 unspecified atom stereocenters. The average Bonchev–Trinajstić information content (AvgIpc) is 3.33. The molecule has 4 nitrogen and oxygen atoms in total. The first kappa shape index (κ1) is 37.6. The van der Waals surface area contributed by atoms with Crippen LogP contribution in [0.3, 0.4) is 0 Å². The van der Waals surface area contributed by atoms with Crippen LogP contribution < -0.4 is 4.90 Å². The Hall–Kier alpha value is -7.95. The molecule has 0 fully saturated rings. The lowest BCUT2D eigenvalue weighted by atomic mass is 10.0. The van der Waals surface area contributed by atoms with Crippen LogP contribution in [0.4, 0.5) is 17.1 Å². The lowest BCUT2D eigenvalue weighted by Gasteiger charge is -2.27.